The van der Waals surface area contributed by atoms with Crippen LogP contribution in [0, 0.1) is 0 Å². The lowest BCUT2D eigenvalue weighted by Crippen LogP contribution is -2.39. The largest absolute Gasteiger partial charge is 0.376 e. The molecule has 2 amide bonds. The summed E-state index contributed by atoms with van der Waals surface area (Å²) in [5.74, 6) is 1.02. The van der Waals surface area contributed by atoms with Crippen molar-refractivity contribution in [3.8, 4) is 0 Å². The topological polar surface area (TPSA) is 66.5 Å². The zero-order valence-corrected chi connectivity index (χ0v) is 13.6. The minimum atomic E-state index is -0.142. The van der Waals surface area contributed by atoms with Crippen LogP contribution < -0.4 is 15.5 Å². The van der Waals surface area contributed by atoms with E-state index in [9.17, 15) is 4.79 Å². The van der Waals surface area contributed by atoms with E-state index in [0.717, 1.165) is 43.9 Å². The van der Waals surface area contributed by atoms with Crippen LogP contribution in [0.3, 0.4) is 0 Å². The van der Waals surface area contributed by atoms with Crippen molar-refractivity contribution in [3.05, 3.63) is 23.9 Å². The highest BCUT2D eigenvalue weighted by molar-refractivity contribution is 5.73. The lowest BCUT2D eigenvalue weighted by atomic mass is 10.1. The Labute approximate surface area is 137 Å². The molecule has 0 radical (unpaired) electrons. The highest BCUT2D eigenvalue weighted by atomic mass is 16.5. The van der Waals surface area contributed by atoms with Crippen LogP contribution in [-0.2, 0) is 11.3 Å². The van der Waals surface area contributed by atoms with Crippen molar-refractivity contribution in [2.24, 2.45) is 0 Å². The van der Waals surface area contributed by atoms with Gasteiger partial charge in [0.1, 0.15) is 5.82 Å². The normalized spacial score (nSPS) is 21.2. The van der Waals surface area contributed by atoms with E-state index in [1.807, 2.05) is 12.3 Å². The van der Waals surface area contributed by atoms with Crippen molar-refractivity contribution in [1.82, 2.24) is 15.6 Å². The predicted octanol–water partition coefficient (Wildman–Crippen LogP) is 2.05. The van der Waals surface area contributed by atoms with Gasteiger partial charge in [-0.1, -0.05) is 0 Å². The van der Waals surface area contributed by atoms with Crippen LogP contribution in [0.25, 0.3) is 0 Å². The fraction of sp³-hybridized carbons (Fsp3) is 0.647. The molecule has 3 heterocycles. The average Bonchev–Trinajstić information content (AvgIpc) is 3.13. The van der Waals surface area contributed by atoms with E-state index >= 15 is 0 Å². The van der Waals surface area contributed by atoms with Crippen LogP contribution in [-0.4, -0.2) is 43.4 Å². The molecule has 1 aromatic rings. The molecule has 6 nitrogen and oxygen atoms in total. The number of ether oxygens (including phenoxy) is 1. The maximum atomic E-state index is 11.9. The van der Waals surface area contributed by atoms with Crippen molar-refractivity contribution in [3.63, 3.8) is 0 Å². The lowest BCUT2D eigenvalue weighted by molar-refractivity contribution is 0.111. The Bertz CT molecular complexity index is 511. The molecule has 0 spiro atoms. The summed E-state index contributed by atoms with van der Waals surface area (Å²) in [5, 5.41) is 5.77. The van der Waals surface area contributed by atoms with E-state index in [2.05, 4.69) is 26.6 Å². The number of carbonyl (C=O) groups is 1. The van der Waals surface area contributed by atoms with Gasteiger partial charge >= 0.3 is 6.03 Å². The molecule has 0 unspecified atom stereocenters. The van der Waals surface area contributed by atoms with Gasteiger partial charge in [-0.2, -0.15) is 0 Å². The van der Waals surface area contributed by atoms with Gasteiger partial charge in [0.25, 0.3) is 0 Å². The van der Waals surface area contributed by atoms with Crippen molar-refractivity contribution in [2.75, 3.05) is 31.1 Å². The Morgan fingerprint density at radius 2 is 2.13 bits per heavy atom. The second-order valence-corrected chi connectivity index (χ2v) is 6.27. The number of piperidine rings is 1. The summed E-state index contributed by atoms with van der Waals surface area (Å²) in [6, 6.07) is 3.89. The third-order valence-electron chi connectivity index (χ3n) is 4.46. The lowest BCUT2D eigenvalue weighted by Gasteiger charge is -2.27. The molecule has 2 fully saturated rings. The first-order valence-corrected chi connectivity index (χ1v) is 8.64. The zero-order chi connectivity index (χ0) is 15.9. The number of amides is 2. The number of anilines is 1. The summed E-state index contributed by atoms with van der Waals surface area (Å²) in [5.41, 5.74) is 1.08. The number of hydrogen-bond acceptors (Lipinski definition) is 4. The van der Waals surface area contributed by atoms with Gasteiger partial charge in [0.05, 0.1) is 6.10 Å². The number of aromatic nitrogens is 1. The molecular formula is C17H26N4O2. The highest BCUT2D eigenvalue weighted by Gasteiger charge is 2.16. The van der Waals surface area contributed by atoms with Crippen molar-refractivity contribution in [1.29, 1.82) is 0 Å². The quantitative estimate of drug-likeness (QED) is 0.872. The average molecular weight is 318 g/mol. The van der Waals surface area contributed by atoms with E-state index in [-0.39, 0.29) is 12.1 Å². The molecular weight excluding hydrogens is 292 g/mol. The first-order chi connectivity index (χ1) is 11.3. The van der Waals surface area contributed by atoms with Crippen LogP contribution in [0.2, 0.25) is 0 Å². The second kappa shape index (κ2) is 8.15. The summed E-state index contributed by atoms with van der Waals surface area (Å²) in [6.45, 7) is 4.06. The minimum absolute atomic E-state index is 0.142. The Hall–Kier alpha value is -1.82. The third kappa shape index (κ3) is 4.82. The molecule has 6 heteroatoms. The van der Waals surface area contributed by atoms with E-state index in [4.69, 9.17) is 4.74 Å². The monoisotopic (exact) mass is 318 g/mol. The van der Waals surface area contributed by atoms with Gasteiger partial charge in [-0.05, 0) is 49.8 Å². The predicted molar refractivity (Wildman–Crippen MR) is 89.5 cm³/mol. The number of urea groups is 1. The number of nitrogens with zero attached hydrogens (tertiary/aromatic N) is 2. The molecule has 0 bridgehead atoms. The van der Waals surface area contributed by atoms with Crippen LogP contribution in [0.15, 0.2) is 18.3 Å². The Morgan fingerprint density at radius 3 is 2.91 bits per heavy atom. The maximum Gasteiger partial charge on any atom is 0.315 e. The number of rotatable bonds is 5. The molecule has 0 saturated carbocycles. The highest BCUT2D eigenvalue weighted by Crippen LogP contribution is 2.18. The molecule has 2 saturated heterocycles. The summed E-state index contributed by atoms with van der Waals surface area (Å²) < 4.78 is 5.49. The van der Waals surface area contributed by atoms with Gasteiger partial charge in [-0.25, -0.2) is 9.78 Å². The first kappa shape index (κ1) is 16.1. The molecule has 0 aliphatic carbocycles. The zero-order valence-electron chi connectivity index (χ0n) is 13.6. The van der Waals surface area contributed by atoms with E-state index in [1.165, 1.54) is 19.3 Å². The van der Waals surface area contributed by atoms with Crippen LogP contribution in [0.1, 0.15) is 37.7 Å². The van der Waals surface area contributed by atoms with E-state index in [1.54, 1.807) is 0 Å². The fourth-order valence-corrected chi connectivity index (χ4v) is 3.12. The summed E-state index contributed by atoms with van der Waals surface area (Å²) in [6.07, 6.45) is 7.89. The number of pyridine rings is 1. The summed E-state index contributed by atoms with van der Waals surface area (Å²) in [4.78, 5) is 18.6. The SMILES string of the molecule is O=C(NCc1ccnc(N2CCCCC2)c1)NC[C@H]1CCCO1. The van der Waals surface area contributed by atoms with Crippen molar-refractivity contribution in [2.45, 2.75) is 44.8 Å². The molecule has 0 aromatic carbocycles. The molecule has 1 aromatic heterocycles. The molecule has 2 aliphatic heterocycles. The Kier molecular flexibility index (Phi) is 5.69. The number of nitrogens with one attached hydrogen (secondary N) is 2. The molecule has 3 rings (SSSR count). The molecule has 23 heavy (non-hydrogen) atoms. The first-order valence-electron chi connectivity index (χ1n) is 8.64. The van der Waals surface area contributed by atoms with Gasteiger partial charge in [0, 0.05) is 39.0 Å². The van der Waals surface area contributed by atoms with Crippen LogP contribution in [0.4, 0.5) is 10.6 Å². The molecule has 126 valence electrons. The fourth-order valence-electron chi connectivity index (χ4n) is 3.12. The van der Waals surface area contributed by atoms with Gasteiger partial charge in [-0.15, -0.1) is 0 Å². The Balaban J connectivity index is 1.44. The minimum Gasteiger partial charge on any atom is -0.376 e. The summed E-state index contributed by atoms with van der Waals surface area (Å²) in [7, 11) is 0. The second-order valence-electron chi connectivity index (χ2n) is 6.27. The molecule has 1 atom stereocenters. The van der Waals surface area contributed by atoms with E-state index < -0.39 is 0 Å². The van der Waals surface area contributed by atoms with Gasteiger partial charge in [0.15, 0.2) is 0 Å². The van der Waals surface area contributed by atoms with E-state index in [0.29, 0.717) is 13.1 Å². The van der Waals surface area contributed by atoms with Crippen molar-refractivity contribution >= 4 is 11.8 Å². The maximum absolute atomic E-state index is 11.9. The third-order valence-corrected chi connectivity index (χ3v) is 4.46. The Morgan fingerprint density at radius 1 is 1.26 bits per heavy atom. The van der Waals surface area contributed by atoms with Gasteiger partial charge in [0.2, 0.25) is 0 Å². The van der Waals surface area contributed by atoms with Crippen LogP contribution >= 0.6 is 0 Å². The summed E-state index contributed by atoms with van der Waals surface area (Å²) >= 11 is 0. The van der Waals surface area contributed by atoms with Gasteiger partial charge < -0.3 is 20.3 Å². The van der Waals surface area contributed by atoms with Crippen LogP contribution in [0.5, 0.6) is 0 Å². The standard InChI is InChI=1S/C17H26N4O2/c22-17(20-13-15-5-4-10-23-15)19-12-14-6-7-18-16(11-14)21-8-2-1-3-9-21/h6-7,11,15H,1-5,8-10,12-13H2,(H2,19,20,22)/t15-/m1/s1. The smallest absolute Gasteiger partial charge is 0.315 e. The molecule has 2 aliphatic rings. The van der Waals surface area contributed by atoms with Crippen molar-refractivity contribution < 1.29 is 9.53 Å². The number of hydrogen-bond donors (Lipinski definition) is 2. The number of carbonyl (C=O) groups excluding carboxylic acids is 1. The van der Waals surface area contributed by atoms with Gasteiger partial charge in [-0.3, -0.25) is 0 Å². The molecule has 2 N–H and O–H groups in total.